The van der Waals surface area contributed by atoms with Gasteiger partial charge >= 0.3 is 0 Å². The average Bonchev–Trinajstić information content (AvgIpc) is 2.66. The number of hydrogen-bond acceptors (Lipinski definition) is 4. The molecule has 0 saturated carbocycles. The Labute approximate surface area is 146 Å². The molecule has 0 spiro atoms. The maximum Gasteiger partial charge on any atom is 0.258 e. The first-order valence-electron chi connectivity index (χ1n) is 8.41. The summed E-state index contributed by atoms with van der Waals surface area (Å²) in [7, 11) is 0. The molecule has 1 fully saturated rings. The summed E-state index contributed by atoms with van der Waals surface area (Å²) in [6.45, 7) is 3.76. The van der Waals surface area contributed by atoms with Crippen molar-refractivity contribution in [2.75, 3.05) is 32.9 Å². The molecule has 25 heavy (non-hydrogen) atoms. The zero-order valence-electron chi connectivity index (χ0n) is 14.2. The fraction of sp³-hybridized carbons (Fsp3) is 0.368. The predicted molar refractivity (Wildman–Crippen MR) is 94.4 cm³/mol. The molecule has 1 atom stereocenters. The van der Waals surface area contributed by atoms with Crippen LogP contribution in [-0.2, 0) is 14.3 Å². The second kappa shape index (κ2) is 7.98. The minimum Gasteiger partial charge on any atom is -0.484 e. The first kappa shape index (κ1) is 17.2. The quantitative estimate of drug-likeness (QED) is 0.896. The molecular formula is C19H22N2O4. The molecule has 1 saturated heterocycles. The number of fused-ring (bicyclic) bond motifs is 1. The van der Waals surface area contributed by atoms with Gasteiger partial charge in [-0.15, -0.1) is 0 Å². The molecule has 2 amide bonds. The van der Waals surface area contributed by atoms with E-state index in [1.165, 1.54) is 0 Å². The molecule has 6 heteroatoms. The topological polar surface area (TPSA) is 67.9 Å². The maximum absolute atomic E-state index is 12.3. The first-order valence-corrected chi connectivity index (χ1v) is 8.41. The van der Waals surface area contributed by atoms with Crippen molar-refractivity contribution in [3.05, 3.63) is 42.5 Å². The summed E-state index contributed by atoms with van der Waals surface area (Å²) in [6, 6.07) is 13.0. The van der Waals surface area contributed by atoms with Crippen LogP contribution in [0.2, 0.25) is 0 Å². The van der Waals surface area contributed by atoms with E-state index in [-0.39, 0.29) is 18.4 Å². The van der Waals surface area contributed by atoms with Crippen LogP contribution in [0.1, 0.15) is 6.92 Å². The Hall–Kier alpha value is -2.60. The Morgan fingerprint density at radius 1 is 1.16 bits per heavy atom. The van der Waals surface area contributed by atoms with Crippen molar-refractivity contribution in [3.63, 3.8) is 0 Å². The van der Waals surface area contributed by atoms with Crippen molar-refractivity contribution >= 4 is 22.6 Å². The van der Waals surface area contributed by atoms with Crippen LogP contribution in [0, 0.1) is 0 Å². The summed E-state index contributed by atoms with van der Waals surface area (Å²) in [5.41, 5.74) is 0. The van der Waals surface area contributed by atoms with E-state index in [2.05, 4.69) is 5.32 Å². The fourth-order valence-corrected chi connectivity index (χ4v) is 2.81. The molecule has 6 nitrogen and oxygen atoms in total. The van der Waals surface area contributed by atoms with Crippen molar-refractivity contribution in [1.29, 1.82) is 0 Å². The van der Waals surface area contributed by atoms with Gasteiger partial charge in [0, 0.05) is 13.1 Å². The fourth-order valence-electron chi connectivity index (χ4n) is 2.81. The Kier molecular flexibility index (Phi) is 5.50. The van der Waals surface area contributed by atoms with Crippen LogP contribution >= 0.6 is 0 Å². The van der Waals surface area contributed by atoms with E-state index >= 15 is 0 Å². The number of carbonyl (C=O) groups excluding carboxylic acids is 2. The number of amides is 2. The van der Waals surface area contributed by atoms with Crippen LogP contribution < -0.4 is 10.1 Å². The van der Waals surface area contributed by atoms with Gasteiger partial charge in [0.05, 0.1) is 13.2 Å². The summed E-state index contributed by atoms with van der Waals surface area (Å²) in [5, 5.41) is 4.86. The number of benzene rings is 2. The van der Waals surface area contributed by atoms with Gasteiger partial charge in [-0.1, -0.05) is 30.3 Å². The van der Waals surface area contributed by atoms with E-state index in [1.54, 1.807) is 11.8 Å². The van der Waals surface area contributed by atoms with Gasteiger partial charge in [0.1, 0.15) is 11.8 Å². The van der Waals surface area contributed by atoms with Crippen LogP contribution in [0.3, 0.4) is 0 Å². The van der Waals surface area contributed by atoms with Crippen molar-refractivity contribution in [2.24, 2.45) is 0 Å². The lowest BCUT2D eigenvalue weighted by molar-refractivity contribution is -0.139. The molecule has 0 radical (unpaired) electrons. The lowest BCUT2D eigenvalue weighted by atomic mass is 10.1. The SMILES string of the molecule is C[C@H](NC(=O)COc1ccc2ccccc2c1)C(=O)N1CCOCC1. The number of morpholine rings is 1. The molecule has 1 N–H and O–H groups in total. The summed E-state index contributed by atoms with van der Waals surface area (Å²) < 4.78 is 10.8. The van der Waals surface area contributed by atoms with Gasteiger partial charge in [0.15, 0.2) is 6.61 Å². The standard InChI is InChI=1S/C19H22N2O4/c1-14(19(23)21-8-10-24-11-9-21)20-18(22)13-25-17-7-6-15-4-2-3-5-16(15)12-17/h2-7,12,14H,8-11,13H2,1H3,(H,20,22)/t14-/m0/s1. The molecule has 1 aliphatic rings. The third-order valence-electron chi connectivity index (χ3n) is 4.16. The third-order valence-corrected chi connectivity index (χ3v) is 4.16. The highest BCUT2D eigenvalue weighted by Gasteiger charge is 2.23. The highest BCUT2D eigenvalue weighted by Crippen LogP contribution is 2.20. The second-order valence-corrected chi connectivity index (χ2v) is 6.02. The highest BCUT2D eigenvalue weighted by atomic mass is 16.5. The van der Waals surface area contributed by atoms with Crippen LogP contribution in [0.15, 0.2) is 42.5 Å². The van der Waals surface area contributed by atoms with Gasteiger partial charge in [0.2, 0.25) is 5.91 Å². The number of carbonyl (C=O) groups is 2. The molecule has 132 valence electrons. The van der Waals surface area contributed by atoms with Gasteiger partial charge in [0.25, 0.3) is 5.91 Å². The molecule has 2 aromatic carbocycles. The summed E-state index contributed by atoms with van der Waals surface area (Å²) in [5.74, 6) is 0.214. The van der Waals surface area contributed by atoms with Crippen molar-refractivity contribution in [3.8, 4) is 5.75 Å². The van der Waals surface area contributed by atoms with Crippen LogP contribution in [0.5, 0.6) is 5.75 Å². The lowest BCUT2D eigenvalue weighted by Gasteiger charge is -2.29. The van der Waals surface area contributed by atoms with Gasteiger partial charge in [-0.2, -0.15) is 0 Å². The molecule has 1 heterocycles. The minimum atomic E-state index is -0.578. The molecule has 1 aliphatic heterocycles. The Morgan fingerprint density at radius 2 is 1.88 bits per heavy atom. The van der Waals surface area contributed by atoms with E-state index in [9.17, 15) is 9.59 Å². The van der Waals surface area contributed by atoms with Crippen LogP contribution in [-0.4, -0.2) is 55.7 Å². The normalized spacial score (nSPS) is 15.6. The molecule has 2 aromatic rings. The largest absolute Gasteiger partial charge is 0.484 e. The van der Waals surface area contributed by atoms with E-state index in [4.69, 9.17) is 9.47 Å². The van der Waals surface area contributed by atoms with Crippen molar-refractivity contribution < 1.29 is 19.1 Å². The number of ether oxygens (including phenoxy) is 2. The molecule has 3 rings (SSSR count). The van der Waals surface area contributed by atoms with Crippen LogP contribution in [0.4, 0.5) is 0 Å². The minimum absolute atomic E-state index is 0.0950. The van der Waals surface area contributed by atoms with E-state index in [0.29, 0.717) is 32.1 Å². The van der Waals surface area contributed by atoms with Gasteiger partial charge < -0.3 is 19.7 Å². The summed E-state index contributed by atoms with van der Waals surface area (Å²) in [4.78, 5) is 26.0. The first-order chi connectivity index (χ1) is 12.1. The summed E-state index contributed by atoms with van der Waals surface area (Å²) >= 11 is 0. The highest BCUT2D eigenvalue weighted by molar-refractivity contribution is 5.88. The lowest BCUT2D eigenvalue weighted by Crippen LogP contribution is -2.51. The molecular weight excluding hydrogens is 320 g/mol. The number of rotatable bonds is 5. The van der Waals surface area contributed by atoms with Gasteiger partial charge in [-0.05, 0) is 29.8 Å². The maximum atomic E-state index is 12.3. The van der Waals surface area contributed by atoms with Crippen molar-refractivity contribution in [2.45, 2.75) is 13.0 Å². The van der Waals surface area contributed by atoms with E-state index in [0.717, 1.165) is 10.8 Å². The molecule has 0 unspecified atom stereocenters. The number of nitrogens with zero attached hydrogens (tertiary/aromatic N) is 1. The average molecular weight is 342 g/mol. The van der Waals surface area contributed by atoms with E-state index < -0.39 is 6.04 Å². The zero-order valence-corrected chi connectivity index (χ0v) is 14.2. The zero-order chi connectivity index (χ0) is 17.6. The summed E-state index contributed by atoms with van der Waals surface area (Å²) in [6.07, 6.45) is 0. The predicted octanol–water partition coefficient (Wildman–Crippen LogP) is 1.58. The van der Waals surface area contributed by atoms with Crippen molar-refractivity contribution in [1.82, 2.24) is 10.2 Å². The Morgan fingerprint density at radius 3 is 2.64 bits per heavy atom. The molecule has 0 bridgehead atoms. The molecule has 0 aromatic heterocycles. The monoisotopic (exact) mass is 342 g/mol. The number of hydrogen-bond donors (Lipinski definition) is 1. The van der Waals surface area contributed by atoms with Gasteiger partial charge in [-0.25, -0.2) is 0 Å². The smallest absolute Gasteiger partial charge is 0.258 e. The van der Waals surface area contributed by atoms with E-state index in [1.807, 2.05) is 42.5 Å². The third kappa shape index (κ3) is 4.48. The van der Waals surface area contributed by atoms with Crippen LogP contribution in [0.25, 0.3) is 10.8 Å². The number of nitrogens with one attached hydrogen (secondary N) is 1. The van der Waals surface area contributed by atoms with Gasteiger partial charge in [-0.3, -0.25) is 9.59 Å². The molecule has 0 aliphatic carbocycles. The second-order valence-electron chi connectivity index (χ2n) is 6.02. The Balaban J connectivity index is 1.50. The Bertz CT molecular complexity index is 756.